The maximum Gasteiger partial charge on any atom is 0.256 e. The van der Waals surface area contributed by atoms with Crippen molar-refractivity contribution in [2.45, 2.75) is 33.4 Å². The third-order valence-corrected chi connectivity index (χ3v) is 4.46. The predicted octanol–water partition coefficient (Wildman–Crippen LogP) is 2.41. The number of nitrogens with one attached hydrogen (secondary N) is 1. The first-order chi connectivity index (χ1) is 12.8. The molecule has 27 heavy (non-hydrogen) atoms. The van der Waals surface area contributed by atoms with Crippen LogP contribution < -0.4 is 5.32 Å². The fourth-order valence-electron chi connectivity index (χ4n) is 2.89. The second kappa shape index (κ2) is 7.92. The summed E-state index contributed by atoms with van der Waals surface area (Å²) in [7, 11) is 0. The number of hydrogen-bond acceptors (Lipinski definition) is 4. The molecular formula is C20H26N4O3. The zero-order valence-corrected chi connectivity index (χ0v) is 16.0. The number of rotatable bonds is 4. The highest BCUT2D eigenvalue weighted by Gasteiger charge is 2.28. The minimum absolute atomic E-state index is 0.103. The SMILES string of the molecule is CC(C)(C)C(=O)Nc1ccccc1C(=O)N1CCOC(Cn2cccn2)C1. The number of ether oxygens (including phenoxy) is 1. The second-order valence-corrected chi connectivity index (χ2v) is 7.72. The zero-order valence-electron chi connectivity index (χ0n) is 16.0. The van der Waals surface area contributed by atoms with E-state index in [0.717, 1.165) is 0 Å². The number of benzene rings is 1. The highest BCUT2D eigenvalue weighted by atomic mass is 16.5. The fraction of sp³-hybridized carbons (Fsp3) is 0.450. The molecular weight excluding hydrogens is 344 g/mol. The van der Waals surface area contributed by atoms with E-state index in [-0.39, 0.29) is 17.9 Å². The molecule has 0 radical (unpaired) electrons. The molecule has 7 nitrogen and oxygen atoms in total. The molecule has 2 amide bonds. The van der Waals surface area contributed by atoms with Gasteiger partial charge in [-0.3, -0.25) is 14.3 Å². The molecule has 0 bridgehead atoms. The van der Waals surface area contributed by atoms with E-state index in [1.165, 1.54) is 0 Å². The van der Waals surface area contributed by atoms with Gasteiger partial charge in [0, 0.05) is 30.9 Å². The van der Waals surface area contributed by atoms with E-state index < -0.39 is 5.41 Å². The maximum atomic E-state index is 13.1. The van der Waals surface area contributed by atoms with Crippen LogP contribution >= 0.6 is 0 Å². The van der Waals surface area contributed by atoms with Crippen LogP contribution in [0.15, 0.2) is 42.7 Å². The third-order valence-electron chi connectivity index (χ3n) is 4.46. The molecule has 144 valence electrons. The van der Waals surface area contributed by atoms with E-state index >= 15 is 0 Å². The smallest absolute Gasteiger partial charge is 0.256 e. The number of para-hydroxylation sites is 1. The summed E-state index contributed by atoms with van der Waals surface area (Å²) in [6.45, 7) is 7.61. The number of morpholine rings is 1. The minimum atomic E-state index is -0.538. The molecule has 1 aromatic heterocycles. The van der Waals surface area contributed by atoms with Crippen molar-refractivity contribution in [1.82, 2.24) is 14.7 Å². The Hall–Kier alpha value is -2.67. The van der Waals surface area contributed by atoms with Gasteiger partial charge < -0.3 is 15.0 Å². The van der Waals surface area contributed by atoms with Crippen LogP contribution in [0.5, 0.6) is 0 Å². The topological polar surface area (TPSA) is 76.5 Å². The summed E-state index contributed by atoms with van der Waals surface area (Å²) in [5, 5.41) is 7.08. The molecule has 0 saturated carbocycles. The van der Waals surface area contributed by atoms with Crippen LogP contribution in [0.1, 0.15) is 31.1 Å². The molecule has 1 aromatic carbocycles. The Morgan fingerprint density at radius 2 is 2.04 bits per heavy atom. The molecule has 3 rings (SSSR count). The van der Waals surface area contributed by atoms with Gasteiger partial charge in [-0.1, -0.05) is 32.9 Å². The van der Waals surface area contributed by atoms with Crippen molar-refractivity contribution in [2.24, 2.45) is 5.41 Å². The van der Waals surface area contributed by atoms with Crippen LogP contribution in [0.25, 0.3) is 0 Å². The lowest BCUT2D eigenvalue weighted by Gasteiger charge is -2.33. The summed E-state index contributed by atoms with van der Waals surface area (Å²) in [6.07, 6.45) is 3.49. The van der Waals surface area contributed by atoms with Gasteiger partial charge in [0.2, 0.25) is 5.91 Å². The van der Waals surface area contributed by atoms with E-state index in [0.29, 0.717) is 37.5 Å². The Morgan fingerprint density at radius 1 is 1.26 bits per heavy atom. The first-order valence-electron chi connectivity index (χ1n) is 9.13. The van der Waals surface area contributed by atoms with Crippen LogP contribution in [-0.2, 0) is 16.1 Å². The fourth-order valence-corrected chi connectivity index (χ4v) is 2.89. The third kappa shape index (κ3) is 4.74. The van der Waals surface area contributed by atoms with Crippen molar-refractivity contribution in [1.29, 1.82) is 0 Å². The molecule has 1 saturated heterocycles. The Bertz CT molecular complexity index is 796. The van der Waals surface area contributed by atoms with Crippen molar-refractivity contribution < 1.29 is 14.3 Å². The van der Waals surface area contributed by atoms with Crippen LogP contribution in [0.2, 0.25) is 0 Å². The molecule has 1 unspecified atom stereocenters. The quantitative estimate of drug-likeness (QED) is 0.897. The molecule has 2 aromatic rings. The highest BCUT2D eigenvalue weighted by Crippen LogP contribution is 2.22. The molecule has 0 aliphatic carbocycles. The second-order valence-electron chi connectivity index (χ2n) is 7.72. The molecule has 1 aliphatic rings. The molecule has 1 N–H and O–H groups in total. The Labute approximate surface area is 159 Å². The van der Waals surface area contributed by atoms with Crippen molar-refractivity contribution in [3.05, 3.63) is 48.3 Å². The van der Waals surface area contributed by atoms with Gasteiger partial charge >= 0.3 is 0 Å². The zero-order chi connectivity index (χ0) is 19.4. The van der Waals surface area contributed by atoms with Crippen molar-refractivity contribution in [2.75, 3.05) is 25.0 Å². The van der Waals surface area contributed by atoms with Crippen molar-refractivity contribution in [3.8, 4) is 0 Å². The lowest BCUT2D eigenvalue weighted by atomic mass is 9.95. The summed E-state index contributed by atoms with van der Waals surface area (Å²) in [4.78, 5) is 27.2. The Morgan fingerprint density at radius 3 is 2.74 bits per heavy atom. The van der Waals surface area contributed by atoms with Gasteiger partial charge in [-0.05, 0) is 18.2 Å². The first-order valence-corrected chi connectivity index (χ1v) is 9.13. The van der Waals surface area contributed by atoms with Crippen LogP contribution in [0.3, 0.4) is 0 Å². The normalized spacial score (nSPS) is 17.6. The number of hydrogen-bond donors (Lipinski definition) is 1. The Kier molecular flexibility index (Phi) is 5.60. The minimum Gasteiger partial charge on any atom is -0.373 e. The molecule has 7 heteroatoms. The monoisotopic (exact) mass is 370 g/mol. The molecule has 2 heterocycles. The number of carbonyl (C=O) groups is 2. The van der Waals surface area contributed by atoms with Crippen LogP contribution in [-0.4, -0.2) is 52.3 Å². The summed E-state index contributed by atoms with van der Waals surface area (Å²) in [5.74, 6) is -0.227. The van der Waals surface area contributed by atoms with Gasteiger partial charge in [0.1, 0.15) is 0 Å². The largest absolute Gasteiger partial charge is 0.373 e. The number of nitrogens with zero attached hydrogens (tertiary/aromatic N) is 3. The van der Waals surface area contributed by atoms with Crippen LogP contribution in [0, 0.1) is 5.41 Å². The lowest BCUT2D eigenvalue weighted by Crippen LogP contribution is -2.47. The maximum absolute atomic E-state index is 13.1. The summed E-state index contributed by atoms with van der Waals surface area (Å²) in [6, 6.07) is 8.99. The molecule has 1 aliphatic heterocycles. The average Bonchev–Trinajstić information content (AvgIpc) is 3.14. The molecule has 1 fully saturated rings. The average molecular weight is 370 g/mol. The Balaban J connectivity index is 1.72. The number of amides is 2. The van der Waals surface area contributed by atoms with E-state index in [9.17, 15) is 9.59 Å². The summed E-state index contributed by atoms with van der Waals surface area (Å²) < 4.78 is 7.58. The standard InChI is InChI=1S/C20H26N4O3/c1-20(2,3)19(26)22-17-8-5-4-7-16(17)18(25)23-11-12-27-15(13-23)14-24-10-6-9-21-24/h4-10,15H,11-14H2,1-3H3,(H,22,26). The number of aromatic nitrogens is 2. The van der Waals surface area contributed by atoms with E-state index in [1.807, 2.05) is 45.2 Å². The van der Waals surface area contributed by atoms with E-state index in [1.54, 1.807) is 27.9 Å². The highest BCUT2D eigenvalue weighted by molar-refractivity contribution is 6.04. The van der Waals surface area contributed by atoms with Gasteiger partial charge in [0.25, 0.3) is 5.91 Å². The summed E-state index contributed by atoms with van der Waals surface area (Å²) in [5.41, 5.74) is 0.497. The predicted molar refractivity (Wildman–Crippen MR) is 102 cm³/mol. The van der Waals surface area contributed by atoms with Gasteiger partial charge in [-0.15, -0.1) is 0 Å². The van der Waals surface area contributed by atoms with Gasteiger partial charge in [0.15, 0.2) is 0 Å². The molecule has 0 spiro atoms. The van der Waals surface area contributed by atoms with Gasteiger partial charge in [0.05, 0.1) is 30.5 Å². The first kappa shape index (κ1) is 19.1. The molecule has 1 atom stereocenters. The van der Waals surface area contributed by atoms with Crippen molar-refractivity contribution in [3.63, 3.8) is 0 Å². The summed E-state index contributed by atoms with van der Waals surface area (Å²) >= 11 is 0. The number of carbonyl (C=O) groups excluding carboxylic acids is 2. The van der Waals surface area contributed by atoms with Crippen molar-refractivity contribution >= 4 is 17.5 Å². The van der Waals surface area contributed by atoms with Crippen LogP contribution in [0.4, 0.5) is 5.69 Å². The van der Waals surface area contributed by atoms with Gasteiger partial charge in [-0.2, -0.15) is 5.10 Å². The van der Waals surface area contributed by atoms with E-state index in [2.05, 4.69) is 10.4 Å². The number of anilines is 1. The van der Waals surface area contributed by atoms with E-state index in [4.69, 9.17) is 4.74 Å². The lowest BCUT2D eigenvalue weighted by molar-refractivity contribution is -0.123. The van der Waals surface area contributed by atoms with Gasteiger partial charge in [-0.25, -0.2) is 0 Å².